The van der Waals surface area contributed by atoms with Crippen LogP contribution in [0.3, 0.4) is 0 Å². The third-order valence-corrected chi connectivity index (χ3v) is 6.58. The van der Waals surface area contributed by atoms with Crippen molar-refractivity contribution >= 4 is 35.0 Å². The van der Waals surface area contributed by atoms with Crippen molar-refractivity contribution in [3.8, 4) is 5.75 Å². The van der Waals surface area contributed by atoms with Gasteiger partial charge in [0.05, 0.1) is 5.75 Å². The lowest BCUT2D eigenvalue weighted by Crippen LogP contribution is -2.41. The number of hydrogen-bond donors (Lipinski definition) is 3. The Morgan fingerprint density at radius 1 is 1.27 bits per heavy atom. The number of aryl methyl sites for hydroxylation is 1. The fraction of sp³-hybridized carbons (Fsp3) is 0.364. The highest BCUT2D eigenvalue weighted by molar-refractivity contribution is 7.99. The second-order valence-electron chi connectivity index (χ2n) is 7.68. The second kappa shape index (κ2) is 11.7. The predicted molar refractivity (Wildman–Crippen MR) is 130 cm³/mol. The molecule has 4 N–H and O–H groups in total. The highest BCUT2D eigenvalue weighted by atomic mass is 32.2. The molecular formula is C22H28N6O3S2. The molecule has 33 heavy (non-hydrogen) atoms. The molecular weight excluding hydrogens is 460 g/mol. The van der Waals surface area contributed by atoms with E-state index in [1.807, 2.05) is 30.5 Å². The first-order valence-electron chi connectivity index (χ1n) is 10.5. The third-order valence-electron chi connectivity index (χ3n) is 4.71. The van der Waals surface area contributed by atoms with Crippen LogP contribution in [0.2, 0.25) is 0 Å². The zero-order valence-corrected chi connectivity index (χ0v) is 20.5. The fourth-order valence-corrected chi connectivity index (χ4v) is 4.37. The van der Waals surface area contributed by atoms with Crippen LogP contribution in [-0.4, -0.2) is 39.1 Å². The quantitative estimate of drug-likeness (QED) is 0.296. The number of thioether (sulfide) groups is 1. The standard InChI is InChI=1S/C22H28N6O3S2/c1-14(2)17-7-6-15(3)11-18(17)31-12-19-26-27-22(28(19)23)33-13-20(29)25-21(30)24-9-8-16-5-4-10-32-16/h4-7,10-11,14H,8-9,12-13,23H2,1-3H3,(H2,24,25,29,30). The summed E-state index contributed by atoms with van der Waals surface area (Å²) in [6.07, 6.45) is 0.719. The van der Waals surface area contributed by atoms with Gasteiger partial charge in [0, 0.05) is 11.4 Å². The maximum Gasteiger partial charge on any atom is 0.321 e. The Hall–Kier alpha value is -3.05. The molecule has 1 aromatic carbocycles. The number of thiophene rings is 1. The van der Waals surface area contributed by atoms with Crippen LogP contribution in [0.5, 0.6) is 5.75 Å². The molecule has 11 heteroatoms. The van der Waals surface area contributed by atoms with E-state index in [0.717, 1.165) is 35.1 Å². The lowest BCUT2D eigenvalue weighted by Gasteiger charge is -2.14. The number of aromatic nitrogens is 3. The van der Waals surface area contributed by atoms with Gasteiger partial charge in [-0.25, -0.2) is 9.47 Å². The van der Waals surface area contributed by atoms with E-state index >= 15 is 0 Å². The Balaban J connectivity index is 1.45. The van der Waals surface area contributed by atoms with E-state index in [-0.39, 0.29) is 12.4 Å². The summed E-state index contributed by atoms with van der Waals surface area (Å²) in [5, 5.41) is 15.4. The van der Waals surface area contributed by atoms with E-state index in [1.165, 1.54) is 9.55 Å². The summed E-state index contributed by atoms with van der Waals surface area (Å²) in [5.74, 6) is 7.13. The summed E-state index contributed by atoms with van der Waals surface area (Å²) in [7, 11) is 0. The van der Waals surface area contributed by atoms with Crippen molar-refractivity contribution in [1.82, 2.24) is 25.5 Å². The number of nitrogens with one attached hydrogen (secondary N) is 2. The first-order valence-corrected chi connectivity index (χ1v) is 12.4. The van der Waals surface area contributed by atoms with Gasteiger partial charge in [-0.15, -0.1) is 21.5 Å². The summed E-state index contributed by atoms with van der Waals surface area (Å²) in [4.78, 5) is 25.1. The molecule has 0 unspecified atom stereocenters. The number of hydrogen-bond acceptors (Lipinski definition) is 8. The third kappa shape index (κ3) is 7.22. The highest BCUT2D eigenvalue weighted by Crippen LogP contribution is 2.28. The minimum absolute atomic E-state index is 0.0239. The molecule has 2 aromatic heterocycles. The Labute approximate surface area is 201 Å². The number of imide groups is 1. The van der Waals surface area contributed by atoms with Gasteiger partial charge in [-0.1, -0.05) is 43.8 Å². The number of carbonyl (C=O) groups excluding carboxylic acids is 2. The molecule has 0 spiro atoms. The second-order valence-corrected chi connectivity index (χ2v) is 9.65. The number of nitrogens with two attached hydrogens (primary N) is 1. The topological polar surface area (TPSA) is 124 Å². The van der Waals surface area contributed by atoms with Crippen LogP contribution < -0.4 is 21.2 Å². The molecule has 0 fully saturated rings. The van der Waals surface area contributed by atoms with Crippen LogP contribution >= 0.6 is 23.1 Å². The van der Waals surface area contributed by atoms with Crippen molar-refractivity contribution in [1.29, 1.82) is 0 Å². The van der Waals surface area contributed by atoms with E-state index in [4.69, 9.17) is 10.6 Å². The van der Waals surface area contributed by atoms with Gasteiger partial charge in [-0.3, -0.25) is 10.1 Å². The number of amides is 3. The Kier molecular flexibility index (Phi) is 8.72. The Bertz CT molecular complexity index is 1080. The monoisotopic (exact) mass is 488 g/mol. The molecule has 0 atom stereocenters. The van der Waals surface area contributed by atoms with Gasteiger partial charge in [0.15, 0.2) is 5.82 Å². The number of rotatable bonds is 10. The zero-order chi connectivity index (χ0) is 23.8. The Morgan fingerprint density at radius 3 is 2.82 bits per heavy atom. The molecule has 0 aliphatic rings. The van der Waals surface area contributed by atoms with Gasteiger partial charge in [0.25, 0.3) is 0 Å². The molecule has 0 bridgehead atoms. The van der Waals surface area contributed by atoms with Gasteiger partial charge in [0.2, 0.25) is 11.1 Å². The normalized spacial score (nSPS) is 10.9. The number of nitrogens with zero attached hydrogens (tertiary/aromatic N) is 3. The lowest BCUT2D eigenvalue weighted by molar-refractivity contribution is -0.117. The average Bonchev–Trinajstić information content (AvgIpc) is 3.40. The summed E-state index contributed by atoms with van der Waals surface area (Å²) < 4.78 is 7.25. The average molecular weight is 489 g/mol. The summed E-state index contributed by atoms with van der Waals surface area (Å²) >= 11 is 2.71. The SMILES string of the molecule is Cc1ccc(C(C)C)c(OCc2nnc(SCC(=O)NC(=O)NCCc3cccs3)n2N)c1. The molecule has 9 nitrogen and oxygen atoms in total. The zero-order valence-electron chi connectivity index (χ0n) is 18.8. The van der Waals surface area contributed by atoms with Crippen LogP contribution in [0.4, 0.5) is 4.79 Å². The van der Waals surface area contributed by atoms with Crippen LogP contribution in [0.15, 0.2) is 40.9 Å². The summed E-state index contributed by atoms with van der Waals surface area (Å²) in [6, 6.07) is 9.52. The van der Waals surface area contributed by atoms with E-state index in [1.54, 1.807) is 11.3 Å². The van der Waals surface area contributed by atoms with Crippen LogP contribution in [0.25, 0.3) is 0 Å². The highest BCUT2D eigenvalue weighted by Gasteiger charge is 2.15. The molecule has 0 aliphatic carbocycles. The number of ether oxygens (including phenoxy) is 1. The lowest BCUT2D eigenvalue weighted by atomic mass is 10.0. The molecule has 0 radical (unpaired) electrons. The van der Waals surface area contributed by atoms with Crippen molar-refractivity contribution in [3.63, 3.8) is 0 Å². The fourth-order valence-electron chi connectivity index (χ4n) is 2.98. The molecule has 0 saturated heterocycles. The van der Waals surface area contributed by atoms with E-state index in [0.29, 0.717) is 23.4 Å². The Morgan fingerprint density at radius 2 is 2.09 bits per heavy atom. The van der Waals surface area contributed by atoms with Gasteiger partial charge >= 0.3 is 6.03 Å². The predicted octanol–water partition coefficient (Wildman–Crippen LogP) is 3.22. The van der Waals surface area contributed by atoms with Gasteiger partial charge in [0.1, 0.15) is 12.4 Å². The van der Waals surface area contributed by atoms with E-state index in [2.05, 4.69) is 46.8 Å². The number of carbonyl (C=O) groups is 2. The first kappa shape index (κ1) is 24.6. The minimum atomic E-state index is -0.528. The van der Waals surface area contributed by atoms with Crippen molar-refractivity contribution < 1.29 is 14.3 Å². The maximum atomic E-state index is 12.1. The summed E-state index contributed by atoms with van der Waals surface area (Å²) in [6.45, 7) is 6.81. The molecule has 0 saturated carbocycles. The molecule has 3 rings (SSSR count). The first-order chi connectivity index (χ1) is 15.8. The van der Waals surface area contributed by atoms with Gasteiger partial charge < -0.3 is 15.9 Å². The molecule has 3 amide bonds. The van der Waals surface area contributed by atoms with Crippen molar-refractivity contribution in [2.45, 2.75) is 44.9 Å². The van der Waals surface area contributed by atoms with Crippen molar-refractivity contribution in [2.24, 2.45) is 0 Å². The van der Waals surface area contributed by atoms with Gasteiger partial charge in [-0.05, 0) is 47.9 Å². The van der Waals surface area contributed by atoms with Crippen LogP contribution in [-0.2, 0) is 17.8 Å². The number of nitrogen functional groups attached to an aromatic ring is 1. The summed E-state index contributed by atoms with van der Waals surface area (Å²) in [5.41, 5.74) is 2.20. The molecule has 3 aromatic rings. The van der Waals surface area contributed by atoms with Crippen LogP contribution in [0, 0.1) is 6.92 Å². The van der Waals surface area contributed by atoms with Crippen LogP contribution in [0.1, 0.15) is 41.6 Å². The van der Waals surface area contributed by atoms with E-state index in [9.17, 15) is 9.59 Å². The minimum Gasteiger partial charge on any atom is -0.485 e. The molecule has 0 aliphatic heterocycles. The van der Waals surface area contributed by atoms with Gasteiger partial charge in [-0.2, -0.15) is 0 Å². The maximum absolute atomic E-state index is 12.1. The molecule has 176 valence electrons. The smallest absolute Gasteiger partial charge is 0.321 e. The van der Waals surface area contributed by atoms with Crippen molar-refractivity contribution in [2.75, 3.05) is 18.1 Å². The number of benzene rings is 1. The largest absolute Gasteiger partial charge is 0.485 e. The van der Waals surface area contributed by atoms with Crippen molar-refractivity contribution in [3.05, 3.63) is 57.5 Å². The molecule has 2 heterocycles. The number of urea groups is 1. The van der Waals surface area contributed by atoms with E-state index < -0.39 is 11.9 Å².